The van der Waals surface area contributed by atoms with Crippen molar-refractivity contribution in [2.75, 3.05) is 18.6 Å². The number of anilines is 1. The lowest BCUT2D eigenvalue weighted by molar-refractivity contribution is -0.157. The van der Waals surface area contributed by atoms with Crippen LogP contribution in [0, 0.1) is 5.41 Å². The van der Waals surface area contributed by atoms with Gasteiger partial charge in [-0.25, -0.2) is 0 Å². The van der Waals surface area contributed by atoms with E-state index in [4.69, 9.17) is 4.74 Å². The van der Waals surface area contributed by atoms with Gasteiger partial charge in [-0.2, -0.15) is 0 Å². The summed E-state index contributed by atoms with van der Waals surface area (Å²) in [4.78, 5) is 25.6. The summed E-state index contributed by atoms with van der Waals surface area (Å²) in [6.45, 7) is 0.622. The van der Waals surface area contributed by atoms with E-state index < -0.39 is 11.4 Å². The Morgan fingerprint density at radius 2 is 2.14 bits per heavy atom. The highest BCUT2D eigenvalue weighted by molar-refractivity contribution is 5.98. The minimum atomic E-state index is -0.837. The molecule has 21 heavy (non-hydrogen) atoms. The third-order valence-corrected chi connectivity index (χ3v) is 4.74. The zero-order chi connectivity index (χ0) is 15.0. The lowest BCUT2D eigenvalue weighted by atomic mass is 9.66. The van der Waals surface area contributed by atoms with Crippen molar-refractivity contribution in [2.45, 2.75) is 32.1 Å². The van der Waals surface area contributed by atoms with Crippen LogP contribution in [0.15, 0.2) is 18.2 Å². The summed E-state index contributed by atoms with van der Waals surface area (Å²) in [6, 6.07) is 5.66. The van der Waals surface area contributed by atoms with E-state index in [-0.39, 0.29) is 12.3 Å². The minimum absolute atomic E-state index is 0.0824. The highest BCUT2D eigenvalue weighted by Gasteiger charge is 2.47. The van der Waals surface area contributed by atoms with Crippen molar-refractivity contribution in [1.29, 1.82) is 0 Å². The number of carbonyl (C=O) groups excluding carboxylic acids is 1. The topological polar surface area (TPSA) is 66.8 Å². The van der Waals surface area contributed by atoms with Gasteiger partial charge in [0.15, 0.2) is 0 Å². The fourth-order valence-electron chi connectivity index (χ4n) is 3.22. The summed E-state index contributed by atoms with van der Waals surface area (Å²) in [5.74, 6) is -0.138. The molecule has 0 saturated heterocycles. The van der Waals surface area contributed by atoms with E-state index in [0.717, 1.165) is 29.8 Å². The number of amides is 1. The maximum Gasteiger partial charge on any atom is 0.310 e. The van der Waals surface area contributed by atoms with E-state index in [9.17, 15) is 14.7 Å². The van der Waals surface area contributed by atoms with Crippen molar-refractivity contribution in [1.82, 2.24) is 0 Å². The molecule has 0 aromatic heterocycles. The number of carboxylic acid groups (broad SMARTS) is 1. The largest absolute Gasteiger partial charge is 0.497 e. The summed E-state index contributed by atoms with van der Waals surface area (Å²) in [7, 11) is 1.62. The van der Waals surface area contributed by atoms with Crippen LogP contribution in [0.5, 0.6) is 5.75 Å². The van der Waals surface area contributed by atoms with Crippen LogP contribution in [0.2, 0.25) is 0 Å². The van der Waals surface area contributed by atoms with Crippen molar-refractivity contribution in [3.63, 3.8) is 0 Å². The Morgan fingerprint density at radius 1 is 1.38 bits per heavy atom. The molecule has 5 heteroatoms. The van der Waals surface area contributed by atoms with Crippen molar-refractivity contribution in [3.05, 3.63) is 23.8 Å². The third-order valence-electron chi connectivity index (χ3n) is 4.74. The van der Waals surface area contributed by atoms with Gasteiger partial charge in [-0.3, -0.25) is 9.59 Å². The van der Waals surface area contributed by atoms with E-state index in [2.05, 4.69) is 0 Å². The molecule has 112 valence electrons. The van der Waals surface area contributed by atoms with Gasteiger partial charge in [-0.1, -0.05) is 6.42 Å². The smallest absolute Gasteiger partial charge is 0.310 e. The van der Waals surface area contributed by atoms with Crippen molar-refractivity contribution in [2.24, 2.45) is 5.41 Å². The number of hydrogen-bond acceptors (Lipinski definition) is 3. The van der Waals surface area contributed by atoms with Crippen molar-refractivity contribution < 1.29 is 19.4 Å². The monoisotopic (exact) mass is 289 g/mol. The van der Waals surface area contributed by atoms with Gasteiger partial charge >= 0.3 is 5.97 Å². The van der Waals surface area contributed by atoms with Gasteiger partial charge in [0, 0.05) is 18.7 Å². The number of benzene rings is 1. The molecule has 0 unspecified atom stereocenters. The van der Waals surface area contributed by atoms with Crippen LogP contribution in [0.25, 0.3) is 0 Å². The number of aliphatic carboxylic acids is 1. The SMILES string of the molecule is COc1ccc2c(c1)CCN2C(=O)CC1(C(=O)O)CCC1. The average Bonchev–Trinajstić information content (AvgIpc) is 2.85. The predicted molar refractivity (Wildman–Crippen MR) is 77.6 cm³/mol. The molecule has 5 nitrogen and oxygen atoms in total. The Kier molecular flexibility index (Phi) is 3.35. The quantitative estimate of drug-likeness (QED) is 0.923. The standard InChI is InChI=1S/C16H19NO4/c1-21-12-3-4-13-11(9-12)5-8-17(13)14(18)10-16(15(19)20)6-2-7-16/h3-4,9H,2,5-8,10H2,1H3,(H,19,20). The number of carbonyl (C=O) groups is 2. The molecule has 3 rings (SSSR count). The summed E-state index contributed by atoms with van der Waals surface area (Å²) in [6.07, 6.45) is 3.01. The number of carboxylic acids is 1. The first-order chi connectivity index (χ1) is 10.1. The first-order valence-corrected chi connectivity index (χ1v) is 7.26. The molecule has 0 spiro atoms. The van der Waals surface area contributed by atoms with E-state index in [1.165, 1.54) is 0 Å². The van der Waals surface area contributed by atoms with E-state index in [0.29, 0.717) is 19.4 Å². The Bertz CT molecular complexity index is 592. The van der Waals surface area contributed by atoms with Gasteiger partial charge in [0.2, 0.25) is 5.91 Å². The summed E-state index contributed by atoms with van der Waals surface area (Å²) >= 11 is 0. The molecular weight excluding hydrogens is 270 g/mol. The Morgan fingerprint density at radius 3 is 2.71 bits per heavy atom. The van der Waals surface area contributed by atoms with Gasteiger partial charge in [-0.15, -0.1) is 0 Å². The average molecular weight is 289 g/mol. The van der Waals surface area contributed by atoms with Crippen molar-refractivity contribution in [3.8, 4) is 5.75 Å². The molecule has 0 bridgehead atoms. The maximum atomic E-state index is 12.5. The molecule has 2 aliphatic rings. The number of fused-ring (bicyclic) bond motifs is 1. The second-order valence-corrected chi connectivity index (χ2v) is 5.91. The maximum absolute atomic E-state index is 12.5. The molecule has 1 aromatic rings. The Hall–Kier alpha value is -2.04. The van der Waals surface area contributed by atoms with Crippen LogP contribution in [-0.2, 0) is 16.0 Å². The number of hydrogen-bond donors (Lipinski definition) is 1. The molecule has 1 N–H and O–H groups in total. The summed E-state index contributed by atoms with van der Waals surface area (Å²) in [5.41, 5.74) is 1.15. The molecule has 1 aromatic carbocycles. The van der Waals surface area contributed by atoms with Crippen LogP contribution in [-0.4, -0.2) is 30.6 Å². The molecule has 1 saturated carbocycles. The van der Waals surface area contributed by atoms with Gasteiger partial charge in [0.25, 0.3) is 0 Å². The second kappa shape index (κ2) is 5.06. The van der Waals surface area contributed by atoms with Crippen LogP contribution in [0.4, 0.5) is 5.69 Å². The van der Waals surface area contributed by atoms with E-state index >= 15 is 0 Å². The van der Waals surface area contributed by atoms with Crippen LogP contribution in [0.3, 0.4) is 0 Å². The van der Waals surface area contributed by atoms with Crippen LogP contribution in [0.1, 0.15) is 31.2 Å². The molecule has 0 radical (unpaired) electrons. The lowest BCUT2D eigenvalue weighted by Crippen LogP contribution is -2.43. The third kappa shape index (κ3) is 2.26. The van der Waals surface area contributed by atoms with E-state index in [1.807, 2.05) is 18.2 Å². The van der Waals surface area contributed by atoms with Gasteiger partial charge in [-0.05, 0) is 43.0 Å². The molecule has 1 fully saturated rings. The molecule has 0 atom stereocenters. The lowest BCUT2D eigenvalue weighted by Gasteiger charge is -2.38. The molecular formula is C16H19NO4. The fourth-order valence-corrected chi connectivity index (χ4v) is 3.22. The first-order valence-electron chi connectivity index (χ1n) is 7.26. The minimum Gasteiger partial charge on any atom is -0.497 e. The number of methoxy groups -OCH3 is 1. The number of rotatable bonds is 4. The fraction of sp³-hybridized carbons (Fsp3) is 0.500. The molecule has 1 aliphatic carbocycles. The Balaban J connectivity index is 1.78. The molecule has 1 heterocycles. The predicted octanol–water partition coefficient (Wildman–Crippen LogP) is 2.23. The highest BCUT2D eigenvalue weighted by atomic mass is 16.5. The zero-order valence-electron chi connectivity index (χ0n) is 12.1. The van der Waals surface area contributed by atoms with Crippen LogP contribution >= 0.6 is 0 Å². The molecule has 1 amide bonds. The molecule has 1 aliphatic heterocycles. The zero-order valence-corrected chi connectivity index (χ0v) is 12.1. The van der Waals surface area contributed by atoms with E-state index in [1.54, 1.807) is 12.0 Å². The van der Waals surface area contributed by atoms with Crippen LogP contribution < -0.4 is 9.64 Å². The Labute approximate surface area is 123 Å². The number of ether oxygens (including phenoxy) is 1. The van der Waals surface area contributed by atoms with Gasteiger partial charge < -0.3 is 14.7 Å². The summed E-state index contributed by atoms with van der Waals surface area (Å²) in [5, 5.41) is 9.35. The number of nitrogens with zero attached hydrogens (tertiary/aromatic N) is 1. The second-order valence-electron chi connectivity index (χ2n) is 5.91. The normalized spacial score (nSPS) is 18.8. The van der Waals surface area contributed by atoms with Gasteiger partial charge in [0.05, 0.1) is 12.5 Å². The van der Waals surface area contributed by atoms with Crippen molar-refractivity contribution >= 4 is 17.6 Å². The first kappa shape index (κ1) is 13.9. The van der Waals surface area contributed by atoms with Gasteiger partial charge in [0.1, 0.15) is 5.75 Å². The summed E-state index contributed by atoms with van der Waals surface area (Å²) < 4.78 is 5.19. The highest BCUT2D eigenvalue weighted by Crippen LogP contribution is 2.45.